The molecule has 40 heavy (non-hydrogen) atoms. The lowest BCUT2D eigenvalue weighted by Gasteiger charge is -2.44. The van der Waals surface area contributed by atoms with Crippen LogP contribution in [0.3, 0.4) is 0 Å². The predicted molar refractivity (Wildman–Crippen MR) is 145 cm³/mol. The molecule has 1 aromatic carbocycles. The van der Waals surface area contributed by atoms with Crippen molar-refractivity contribution in [2.24, 2.45) is 5.41 Å². The fourth-order valence-corrected chi connectivity index (χ4v) is 6.58. The minimum absolute atomic E-state index is 0.128. The van der Waals surface area contributed by atoms with Crippen molar-refractivity contribution in [3.05, 3.63) is 53.4 Å². The molecule has 0 saturated carbocycles. The van der Waals surface area contributed by atoms with E-state index < -0.39 is 24.1 Å². The fourth-order valence-electron chi connectivity index (χ4n) is 5.31. The maximum Gasteiger partial charge on any atom is 0.410 e. The summed E-state index contributed by atoms with van der Waals surface area (Å²) in [5.41, 5.74) is 0.808. The number of amides is 2. The lowest BCUT2D eigenvalue weighted by molar-refractivity contribution is -0.144. The number of anilines is 1. The van der Waals surface area contributed by atoms with Crippen molar-refractivity contribution in [2.45, 2.75) is 26.2 Å². The van der Waals surface area contributed by atoms with Gasteiger partial charge in [-0.15, -0.1) is 11.3 Å². The van der Waals surface area contributed by atoms with Crippen LogP contribution < -0.4 is 9.64 Å². The number of oxazole rings is 1. The first-order valence-corrected chi connectivity index (χ1v) is 13.6. The third-order valence-electron chi connectivity index (χ3n) is 7.53. The second kappa shape index (κ2) is 11.1. The maximum absolute atomic E-state index is 14.2. The van der Waals surface area contributed by atoms with E-state index in [1.165, 1.54) is 35.8 Å². The number of ketones is 1. The van der Waals surface area contributed by atoms with Crippen LogP contribution in [0.2, 0.25) is 0 Å². The number of ether oxygens (including phenoxy) is 3. The Morgan fingerprint density at radius 1 is 1.15 bits per heavy atom. The topological polar surface area (TPSA) is 128 Å². The molecule has 0 aliphatic carbocycles. The highest BCUT2D eigenvalue weighted by molar-refractivity contribution is 7.20. The number of hydrogen-bond acceptors (Lipinski definition) is 10. The number of carbonyl (C=O) groups is 4. The quantitative estimate of drug-likeness (QED) is 0.308. The van der Waals surface area contributed by atoms with Gasteiger partial charge in [0.1, 0.15) is 22.4 Å². The van der Waals surface area contributed by atoms with Gasteiger partial charge in [0.2, 0.25) is 11.8 Å². The summed E-state index contributed by atoms with van der Waals surface area (Å²) in [6, 6.07) is 7.62. The average Bonchev–Trinajstić information content (AvgIpc) is 3.63. The number of Topliss-reactive ketones (excluding diaryl/α,β-unsaturated/α-hetero) is 1. The number of aromatic nitrogens is 1. The number of rotatable bonds is 7. The summed E-state index contributed by atoms with van der Waals surface area (Å²) in [7, 11) is 2.81. The van der Waals surface area contributed by atoms with E-state index in [9.17, 15) is 19.2 Å². The second-order valence-electron chi connectivity index (χ2n) is 9.62. The van der Waals surface area contributed by atoms with Crippen LogP contribution in [0.5, 0.6) is 5.75 Å². The zero-order valence-corrected chi connectivity index (χ0v) is 23.2. The molecule has 1 spiro atoms. The number of thiophene rings is 1. The van der Waals surface area contributed by atoms with Gasteiger partial charge in [-0.1, -0.05) is 18.2 Å². The lowest BCUT2D eigenvalue weighted by atomic mass is 9.69. The van der Waals surface area contributed by atoms with E-state index in [0.717, 1.165) is 11.3 Å². The lowest BCUT2D eigenvalue weighted by Crippen LogP contribution is -2.58. The van der Waals surface area contributed by atoms with E-state index >= 15 is 0 Å². The van der Waals surface area contributed by atoms with E-state index in [2.05, 4.69) is 9.72 Å². The van der Waals surface area contributed by atoms with Gasteiger partial charge in [-0.05, 0) is 43.4 Å². The highest BCUT2D eigenvalue weighted by atomic mass is 32.1. The Kier molecular flexibility index (Phi) is 7.61. The highest BCUT2D eigenvalue weighted by Gasteiger charge is 2.56. The Labute approximate surface area is 234 Å². The van der Waals surface area contributed by atoms with Crippen LogP contribution in [0.4, 0.5) is 9.80 Å². The summed E-state index contributed by atoms with van der Waals surface area (Å²) >= 11 is 1.31. The molecule has 2 aliphatic rings. The molecule has 5 rings (SSSR count). The van der Waals surface area contributed by atoms with Crippen molar-refractivity contribution in [1.29, 1.82) is 0 Å². The number of carbonyl (C=O) groups excluding carboxylic acids is 4. The van der Waals surface area contributed by atoms with Gasteiger partial charge in [-0.25, -0.2) is 14.6 Å². The molecule has 0 atom stereocenters. The normalized spacial score (nSPS) is 16.2. The first-order valence-electron chi connectivity index (χ1n) is 12.8. The molecule has 4 heterocycles. The van der Waals surface area contributed by atoms with Gasteiger partial charge < -0.3 is 28.4 Å². The van der Waals surface area contributed by atoms with Crippen molar-refractivity contribution < 1.29 is 37.8 Å². The standard InChI is InChI=1S/C28H29N3O8S/c1-17-21-23(33)28(9-13-30(14-10-28)27(35)39-16-20(32)37-3)26(34)31(12-8-18-6-4-5-7-19(18)36-2)25(21)40-22(17)24-29-11-15-38-24/h4-7,11,15H,8-10,12-14,16H2,1-3H3. The monoisotopic (exact) mass is 567 g/mol. The van der Waals surface area contributed by atoms with Crippen LogP contribution in [0.15, 0.2) is 41.1 Å². The van der Waals surface area contributed by atoms with Crippen molar-refractivity contribution >= 4 is 40.1 Å². The predicted octanol–water partition coefficient (Wildman–Crippen LogP) is 3.88. The van der Waals surface area contributed by atoms with Crippen molar-refractivity contribution in [3.63, 3.8) is 0 Å². The second-order valence-corrected chi connectivity index (χ2v) is 10.6. The number of nitrogens with zero attached hydrogens (tertiary/aromatic N) is 3. The van der Waals surface area contributed by atoms with E-state index in [0.29, 0.717) is 39.9 Å². The molecule has 11 nitrogen and oxygen atoms in total. The van der Waals surface area contributed by atoms with Gasteiger partial charge >= 0.3 is 12.1 Å². The van der Waals surface area contributed by atoms with Crippen molar-refractivity contribution in [3.8, 4) is 16.5 Å². The summed E-state index contributed by atoms with van der Waals surface area (Å²) in [4.78, 5) is 60.3. The Morgan fingerprint density at radius 3 is 2.58 bits per heavy atom. The van der Waals surface area contributed by atoms with Gasteiger partial charge in [-0.2, -0.15) is 0 Å². The molecule has 0 bridgehead atoms. The zero-order valence-electron chi connectivity index (χ0n) is 22.4. The van der Waals surface area contributed by atoms with Gasteiger partial charge in [-0.3, -0.25) is 9.59 Å². The van der Waals surface area contributed by atoms with Crippen LogP contribution in [0, 0.1) is 12.3 Å². The Balaban J connectivity index is 1.46. The third-order valence-corrected chi connectivity index (χ3v) is 8.83. The van der Waals surface area contributed by atoms with E-state index in [-0.39, 0.29) is 37.6 Å². The van der Waals surface area contributed by atoms with Crippen LogP contribution in [-0.4, -0.2) is 74.1 Å². The summed E-state index contributed by atoms with van der Waals surface area (Å²) in [5.74, 6) is -0.107. The molecule has 1 saturated heterocycles. The molecule has 3 aromatic rings. The van der Waals surface area contributed by atoms with E-state index in [1.54, 1.807) is 12.0 Å². The Morgan fingerprint density at radius 2 is 1.90 bits per heavy atom. The molecule has 210 valence electrons. The molecule has 0 unspecified atom stereocenters. The van der Waals surface area contributed by atoms with Gasteiger partial charge in [0.25, 0.3) is 0 Å². The zero-order chi connectivity index (χ0) is 28.4. The Bertz CT molecular complexity index is 1440. The van der Waals surface area contributed by atoms with Crippen molar-refractivity contribution in [1.82, 2.24) is 9.88 Å². The van der Waals surface area contributed by atoms with Gasteiger partial charge in [0, 0.05) is 19.6 Å². The molecule has 12 heteroatoms. The fraction of sp³-hybridized carbons (Fsp3) is 0.393. The number of para-hydroxylation sites is 1. The summed E-state index contributed by atoms with van der Waals surface area (Å²) in [6.45, 7) is 1.92. The molecule has 1 fully saturated rings. The number of hydrogen-bond donors (Lipinski definition) is 0. The molecular formula is C28H29N3O8S. The first-order chi connectivity index (χ1) is 19.3. The van der Waals surface area contributed by atoms with Crippen LogP contribution in [-0.2, 0) is 25.5 Å². The number of esters is 1. The van der Waals surface area contributed by atoms with Crippen molar-refractivity contribution in [2.75, 3.05) is 45.4 Å². The van der Waals surface area contributed by atoms with Gasteiger partial charge in [0.05, 0.1) is 30.9 Å². The highest BCUT2D eigenvalue weighted by Crippen LogP contribution is 2.51. The number of piperidine rings is 1. The number of methoxy groups -OCH3 is 2. The first kappa shape index (κ1) is 27.4. The smallest absolute Gasteiger partial charge is 0.410 e. The average molecular weight is 568 g/mol. The molecular weight excluding hydrogens is 538 g/mol. The van der Waals surface area contributed by atoms with E-state index in [4.69, 9.17) is 13.9 Å². The number of likely N-dealkylation sites (tertiary alicyclic amines) is 1. The van der Waals surface area contributed by atoms with Crippen LogP contribution in [0.25, 0.3) is 10.8 Å². The molecule has 2 amide bonds. The SMILES string of the molecule is COC(=O)COC(=O)N1CCC2(CC1)C(=O)c1c(sc(-c3ncco3)c1C)N(CCc1ccccc1OC)C2=O. The summed E-state index contributed by atoms with van der Waals surface area (Å²) < 4.78 is 20.6. The minimum atomic E-state index is -1.33. The molecule has 0 N–H and O–H groups in total. The number of benzene rings is 1. The van der Waals surface area contributed by atoms with Gasteiger partial charge in [0.15, 0.2) is 12.4 Å². The largest absolute Gasteiger partial charge is 0.496 e. The van der Waals surface area contributed by atoms with Crippen LogP contribution in [0.1, 0.15) is 34.3 Å². The van der Waals surface area contributed by atoms with E-state index in [1.807, 2.05) is 31.2 Å². The molecule has 0 radical (unpaired) electrons. The molecule has 2 aromatic heterocycles. The third kappa shape index (κ3) is 4.72. The summed E-state index contributed by atoms with van der Waals surface area (Å²) in [5, 5.41) is 0.571. The summed E-state index contributed by atoms with van der Waals surface area (Å²) in [6.07, 6.45) is 3.09. The minimum Gasteiger partial charge on any atom is -0.496 e. The Hall–Kier alpha value is -4.19. The van der Waals surface area contributed by atoms with Crippen LogP contribution >= 0.6 is 11.3 Å². The molecule has 2 aliphatic heterocycles. The maximum atomic E-state index is 14.2. The number of fused-ring (bicyclic) bond motifs is 1.